The van der Waals surface area contributed by atoms with E-state index in [1.807, 2.05) is 0 Å². The van der Waals surface area contributed by atoms with E-state index in [9.17, 15) is 5.11 Å². The van der Waals surface area contributed by atoms with Crippen LogP contribution in [0.2, 0.25) is 0 Å². The molecule has 0 radical (unpaired) electrons. The van der Waals surface area contributed by atoms with Crippen LogP contribution < -0.4 is 5.32 Å². The van der Waals surface area contributed by atoms with Gasteiger partial charge in [-0.1, -0.05) is 38.0 Å². The molecule has 30 heavy (non-hydrogen) atoms. The van der Waals surface area contributed by atoms with E-state index < -0.39 is 0 Å². The Morgan fingerprint density at radius 3 is 2.83 bits per heavy atom. The van der Waals surface area contributed by atoms with Crippen molar-refractivity contribution in [2.45, 2.75) is 103 Å². The number of allylic oxidation sites excluding steroid dienone is 2. The maximum Gasteiger partial charge on any atom is 0.0937 e. The SMILES string of the molecule is CC1=C2C[C@@H]3[C@H](CC=C4C[C@H](O)CC[C@@]43C)[C@@H]2CC[C@]12O[C@@H]1C[C@H](C)CN[C@H]1[C@H]2C. The van der Waals surface area contributed by atoms with Gasteiger partial charge in [0.2, 0.25) is 0 Å². The van der Waals surface area contributed by atoms with Crippen molar-refractivity contribution in [2.75, 3.05) is 6.54 Å². The van der Waals surface area contributed by atoms with E-state index in [2.05, 4.69) is 39.1 Å². The second-order valence-corrected chi connectivity index (χ2v) is 12.2. The summed E-state index contributed by atoms with van der Waals surface area (Å²) < 4.78 is 7.03. The van der Waals surface area contributed by atoms with Crippen LogP contribution in [-0.4, -0.2) is 35.5 Å². The van der Waals surface area contributed by atoms with Gasteiger partial charge in [0.05, 0.1) is 17.8 Å². The molecule has 0 aromatic heterocycles. The van der Waals surface area contributed by atoms with E-state index in [0.29, 0.717) is 23.5 Å². The number of fused-ring (bicyclic) bond motifs is 6. The molecule has 6 rings (SSSR count). The van der Waals surface area contributed by atoms with E-state index >= 15 is 0 Å². The molecule has 2 heterocycles. The van der Waals surface area contributed by atoms with E-state index in [1.54, 1.807) is 16.7 Å². The minimum atomic E-state index is -0.111. The third-order valence-corrected chi connectivity index (χ3v) is 10.9. The van der Waals surface area contributed by atoms with Gasteiger partial charge < -0.3 is 15.2 Å². The Bertz CT molecular complexity index is 801. The van der Waals surface area contributed by atoms with Crippen LogP contribution >= 0.6 is 0 Å². The van der Waals surface area contributed by atoms with Crippen LogP contribution in [0.25, 0.3) is 0 Å². The zero-order valence-corrected chi connectivity index (χ0v) is 19.4. The largest absolute Gasteiger partial charge is 0.393 e. The Balaban J connectivity index is 1.34. The van der Waals surface area contributed by atoms with Crippen molar-refractivity contribution in [1.82, 2.24) is 5.32 Å². The summed E-state index contributed by atoms with van der Waals surface area (Å²) in [7, 11) is 0. The predicted octanol–water partition coefficient (Wildman–Crippen LogP) is 5.00. The van der Waals surface area contributed by atoms with E-state index in [0.717, 1.165) is 43.1 Å². The zero-order valence-electron chi connectivity index (χ0n) is 19.4. The fourth-order valence-corrected chi connectivity index (χ4v) is 9.09. The van der Waals surface area contributed by atoms with E-state index in [1.165, 1.54) is 38.5 Å². The van der Waals surface area contributed by atoms with Crippen LogP contribution in [-0.2, 0) is 4.74 Å². The van der Waals surface area contributed by atoms with Crippen molar-refractivity contribution >= 4 is 0 Å². The highest BCUT2D eigenvalue weighted by atomic mass is 16.5. The van der Waals surface area contributed by atoms with Crippen molar-refractivity contribution in [3.8, 4) is 0 Å². The number of ether oxygens (including phenoxy) is 1. The molecule has 0 bridgehead atoms. The van der Waals surface area contributed by atoms with Gasteiger partial charge in [0, 0.05) is 12.0 Å². The highest BCUT2D eigenvalue weighted by molar-refractivity contribution is 5.38. The highest BCUT2D eigenvalue weighted by Crippen LogP contribution is 2.65. The second-order valence-electron chi connectivity index (χ2n) is 12.2. The van der Waals surface area contributed by atoms with Gasteiger partial charge in [0.25, 0.3) is 0 Å². The molecule has 4 aliphatic carbocycles. The van der Waals surface area contributed by atoms with E-state index in [-0.39, 0.29) is 11.7 Å². The molecule has 6 aliphatic rings. The lowest BCUT2D eigenvalue weighted by Gasteiger charge is -2.49. The number of piperidine rings is 1. The Hall–Kier alpha value is -0.640. The van der Waals surface area contributed by atoms with Crippen LogP contribution in [0.1, 0.15) is 79.1 Å². The maximum absolute atomic E-state index is 10.3. The number of aliphatic hydroxyl groups is 1. The topological polar surface area (TPSA) is 41.5 Å². The lowest BCUT2D eigenvalue weighted by molar-refractivity contribution is -0.0549. The summed E-state index contributed by atoms with van der Waals surface area (Å²) in [4.78, 5) is 0. The first-order valence-electron chi connectivity index (χ1n) is 12.8. The van der Waals surface area contributed by atoms with Crippen LogP contribution in [0, 0.1) is 35.0 Å². The van der Waals surface area contributed by atoms with Crippen molar-refractivity contribution < 1.29 is 9.84 Å². The number of hydrogen-bond donors (Lipinski definition) is 2. The van der Waals surface area contributed by atoms with Crippen LogP contribution in [0.3, 0.4) is 0 Å². The van der Waals surface area contributed by atoms with Gasteiger partial charge in [0.15, 0.2) is 0 Å². The van der Waals surface area contributed by atoms with Gasteiger partial charge in [0.1, 0.15) is 0 Å². The van der Waals surface area contributed by atoms with Gasteiger partial charge in [-0.05, 0) is 99.5 Å². The molecule has 2 saturated heterocycles. The first kappa shape index (κ1) is 20.0. The maximum atomic E-state index is 10.3. The molecule has 3 heteroatoms. The minimum absolute atomic E-state index is 0.0222. The smallest absolute Gasteiger partial charge is 0.0937 e. The van der Waals surface area contributed by atoms with Gasteiger partial charge >= 0.3 is 0 Å². The molecule has 2 aliphatic heterocycles. The third-order valence-electron chi connectivity index (χ3n) is 10.9. The first-order chi connectivity index (χ1) is 14.3. The molecule has 4 fully saturated rings. The van der Waals surface area contributed by atoms with Crippen LogP contribution in [0.15, 0.2) is 22.8 Å². The molecule has 1 spiro atoms. The Kier molecular flexibility index (Phi) is 4.46. The number of rotatable bonds is 0. The average molecular weight is 412 g/mol. The monoisotopic (exact) mass is 411 g/mol. The molecule has 0 aromatic carbocycles. The Morgan fingerprint density at radius 1 is 1.17 bits per heavy atom. The minimum Gasteiger partial charge on any atom is -0.393 e. The summed E-state index contributed by atoms with van der Waals surface area (Å²) in [5, 5.41) is 14.1. The predicted molar refractivity (Wildman–Crippen MR) is 120 cm³/mol. The summed E-state index contributed by atoms with van der Waals surface area (Å²) >= 11 is 0. The fraction of sp³-hybridized carbons (Fsp3) is 0.852. The fourth-order valence-electron chi connectivity index (χ4n) is 9.09. The van der Waals surface area contributed by atoms with Crippen molar-refractivity contribution in [2.24, 2.45) is 35.0 Å². The molecule has 2 N–H and O–H groups in total. The third kappa shape index (κ3) is 2.55. The lowest BCUT2D eigenvalue weighted by Crippen LogP contribution is -2.49. The highest BCUT2D eigenvalue weighted by Gasteiger charge is 2.60. The number of aliphatic hydroxyl groups excluding tert-OH is 1. The standard InChI is InChI=1S/C27H41NO2/c1-15-11-24-25(28-14-15)17(3)27(30-24)10-8-20-21-6-5-18-12-19(29)7-9-26(18,4)23(21)13-22(20)16(27)2/h5,15,17,19-21,23-25,28-29H,6-14H2,1-4H3/t15-,17+,19+,20-,21+,23+,24+,25-,26-,27-/m0/s1. The molecular weight excluding hydrogens is 370 g/mol. The molecule has 2 saturated carbocycles. The van der Waals surface area contributed by atoms with Gasteiger partial charge in [-0.3, -0.25) is 0 Å². The summed E-state index contributed by atoms with van der Waals surface area (Å²) in [6.45, 7) is 10.9. The molecule has 3 nitrogen and oxygen atoms in total. The summed E-state index contributed by atoms with van der Waals surface area (Å²) in [5.74, 6) is 3.64. The zero-order chi connectivity index (χ0) is 20.8. The van der Waals surface area contributed by atoms with Crippen LogP contribution in [0.5, 0.6) is 0 Å². The molecule has 166 valence electrons. The summed E-state index contributed by atoms with van der Waals surface area (Å²) in [5.41, 5.74) is 5.25. The van der Waals surface area contributed by atoms with Gasteiger partial charge in [-0.2, -0.15) is 0 Å². The quantitative estimate of drug-likeness (QED) is 0.551. The van der Waals surface area contributed by atoms with Crippen LogP contribution in [0.4, 0.5) is 0 Å². The second kappa shape index (κ2) is 6.68. The number of hydrogen-bond acceptors (Lipinski definition) is 3. The first-order valence-corrected chi connectivity index (χ1v) is 12.8. The number of nitrogens with one attached hydrogen (secondary N) is 1. The van der Waals surface area contributed by atoms with Gasteiger partial charge in [-0.25, -0.2) is 0 Å². The normalized spacial score (nSPS) is 55.0. The lowest BCUT2D eigenvalue weighted by atomic mass is 9.56. The molecule has 0 unspecified atom stereocenters. The van der Waals surface area contributed by atoms with Crippen molar-refractivity contribution in [3.05, 3.63) is 22.8 Å². The molecule has 0 aromatic rings. The Morgan fingerprint density at radius 2 is 2.00 bits per heavy atom. The average Bonchev–Trinajstić information content (AvgIpc) is 3.23. The molecular formula is C27H41NO2. The molecule has 0 amide bonds. The van der Waals surface area contributed by atoms with E-state index in [4.69, 9.17) is 4.74 Å². The molecule has 10 atom stereocenters. The summed E-state index contributed by atoms with van der Waals surface area (Å²) in [6, 6.07) is 0.530. The van der Waals surface area contributed by atoms with Crippen molar-refractivity contribution in [3.63, 3.8) is 0 Å². The van der Waals surface area contributed by atoms with Gasteiger partial charge in [-0.15, -0.1) is 0 Å². The Labute approximate surface area is 182 Å². The summed E-state index contributed by atoms with van der Waals surface area (Å²) in [6.07, 6.45) is 12.2. The van der Waals surface area contributed by atoms with Crippen molar-refractivity contribution in [1.29, 1.82) is 0 Å².